The molecule has 0 saturated heterocycles. The molecule has 3 rings (SSSR count). The number of halogens is 1. The Bertz CT molecular complexity index is 1040. The van der Waals surface area contributed by atoms with Crippen molar-refractivity contribution >= 4 is 22.9 Å². The van der Waals surface area contributed by atoms with E-state index in [2.05, 4.69) is 15.5 Å². The SMILES string of the molecule is CC(c1cccc([N+](=O)[O-])c1)N(C)Cc1nnc(C(=O)NCc2ccc(F)cc2)s1. The molecule has 0 saturated carbocycles. The van der Waals surface area contributed by atoms with E-state index in [-0.39, 0.29) is 35.0 Å². The number of nitrogens with zero attached hydrogens (tertiary/aromatic N) is 4. The summed E-state index contributed by atoms with van der Waals surface area (Å²) in [4.78, 5) is 24.8. The predicted octanol–water partition coefficient (Wildman–Crippen LogP) is 3.71. The van der Waals surface area contributed by atoms with Gasteiger partial charge in [-0.3, -0.25) is 19.8 Å². The first-order valence-electron chi connectivity index (χ1n) is 9.13. The molecule has 1 atom stereocenters. The largest absolute Gasteiger partial charge is 0.346 e. The van der Waals surface area contributed by atoms with E-state index >= 15 is 0 Å². The minimum Gasteiger partial charge on any atom is -0.346 e. The number of nitrogens with one attached hydrogen (secondary N) is 1. The van der Waals surface area contributed by atoms with Crippen LogP contribution in [-0.2, 0) is 13.1 Å². The zero-order chi connectivity index (χ0) is 21.7. The summed E-state index contributed by atoms with van der Waals surface area (Å²) in [5.74, 6) is -0.681. The van der Waals surface area contributed by atoms with Gasteiger partial charge in [-0.1, -0.05) is 35.6 Å². The van der Waals surface area contributed by atoms with Gasteiger partial charge in [0.05, 0.1) is 11.5 Å². The third-order valence-electron chi connectivity index (χ3n) is 4.64. The molecule has 0 spiro atoms. The van der Waals surface area contributed by atoms with E-state index in [1.165, 1.54) is 29.5 Å². The lowest BCUT2D eigenvalue weighted by Gasteiger charge is -2.23. The Morgan fingerprint density at radius 1 is 1.27 bits per heavy atom. The molecule has 1 heterocycles. The highest BCUT2D eigenvalue weighted by molar-refractivity contribution is 7.13. The molecule has 3 aromatic rings. The molecular weight excluding hydrogens is 409 g/mol. The van der Waals surface area contributed by atoms with Crippen LogP contribution in [0.15, 0.2) is 48.5 Å². The van der Waals surface area contributed by atoms with Crippen molar-refractivity contribution in [1.82, 2.24) is 20.4 Å². The maximum absolute atomic E-state index is 12.9. The fourth-order valence-electron chi connectivity index (χ4n) is 2.77. The van der Waals surface area contributed by atoms with Crippen molar-refractivity contribution < 1.29 is 14.1 Å². The van der Waals surface area contributed by atoms with Crippen LogP contribution < -0.4 is 5.32 Å². The molecule has 156 valence electrons. The molecule has 0 aliphatic heterocycles. The number of carbonyl (C=O) groups excluding carboxylic acids is 1. The second-order valence-corrected chi connectivity index (χ2v) is 7.82. The summed E-state index contributed by atoms with van der Waals surface area (Å²) in [6.45, 7) is 2.64. The van der Waals surface area contributed by atoms with E-state index in [0.717, 1.165) is 11.1 Å². The Morgan fingerprint density at radius 3 is 2.70 bits per heavy atom. The van der Waals surface area contributed by atoms with Gasteiger partial charge in [-0.2, -0.15) is 0 Å². The van der Waals surface area contributed by atoms with Crippen LogP contribution in [0.25, 0.3) is 0 Å². The first-order chi connectivity index (χ1) is 14.3. The van der Waals surface area contributed by atoms with E-state index in [1.807, 2.05) is 24.9 Å². The van der Waals surface area contributed by atoms with Gasteiger partial charge in [0.1, 0.15) is 10.8 Å². The molecule has 0 aliphatic rings. The second kappa shape index (κ2) is 9.51. The number of aromatic nitrogens is 2. The number of hydrogen-bond donors (Lipinski definition) is 1. The van der Waals surface area contributed by atoms with Gasteiger partial charge in [0.15, 0.2) is 0 Å². The van der Waals surface area contributed by atoms with Crippen LogP contribution in [0, 0.1) is 15.9 Å². The number of non-ortho nitro benzene ring substituents is 1. The average Bonchev–Trinajstić information content (AvgIpc) is 3.21. The van der Waals surface area contributed by atoms with Gasteiger partial charge in [-0.25, -0.2) is 4.39 Å². The van der Waals surface area contributed by atoms with Crippen LogP contribution in [0.5, 0.6) is 0 Å². The minimum atomic E-state index is -0.419. The van der Waals surface area contributed by atoms with E-state index in [9.17, 15) is 19.3 Å². The summed E-state index contributed by atoms with van der Waals surface area (Å²) in [5.41, 5.74) is 1.64. The number of nitro groups is 1. The summed E-state index contributed by atoms with van der Waals surface area (Å²) < 4.78 is 12.9. The van der Waals surface area contributed by atoms with Crippen LogP contribution in [0.2, 0.25) is 0 Å². The number of nitro benzene ring substituents is 1. The molecule has 1 N–H and O–H groups in total. The molecule has 0 bridgehead atoms. The van der Waals surface area contributed by atoms with E-state index in [1.54, 1.807) is 24.3 Å². The maximum atomic E-state index is 12.9. The smallest absolute Gasteiger partial charge is 0.282 e. The van der Waals surface area contributed by atoms with Crippen molar-refractivity contribution in [2.24, 2.45) is 0 Å². The van der Waals surface area contributed by atoms with Gasteiger partial charge in [0, 0.05) is 24.7 Å². The summed E-state index contributed by atoms with van der Waals surface area (Å²) in [5, 5.41) is 22.6. The quantitative estimate of drug-likeness (QED) is 0.433. The Balaban J connectivity index is 1.58. The first-order valence-corrected chi connectivity index (χ1v) is 9.94. The zero-order valence-electron chi connectivity index (χ0n) is 16.4. The van der Waals surface area contributed by atoms with Gasteiger partial charge < -0.3 is 5.32 Å². The Morgan fingerprint density at radius 2 is 2.00 bits per heavy atom. The number of amides is 1. The highest BCUT2D eigenvalue weighted by Crippen LogP contribution is 2.25. The van der Waals surface area contributed by atoms with Crippen LogP contribution in [-0.4, -0.2) is 33.0 Å². The number of carbonyl (C=O) groups is 1. The monoisotopic (exact) mass is 429 g/mol. The number of benzene rings is 2. The Hall–Kier alpha value is -3.24. The molecule has 0 aliphatic carbocycles. The number of hydrogen-bond acceptors (Lipinski definition) is 7. The third-order valence-corrected chi connectivity index (χ3v) is 5.54. The Kier molecular flexibility index (Phi) is 6.80. The first kappa shape index (κ1) is 21.5. The second-order valence-electron chi connectivity index (χ2n) is 6.75. The van der Waals surface area contributed by atoms with Gasteiger partial charge in [-0.05, 0) is 37.2 Å². The molecule has 1 amide bonds. The fraction of sp³-hybridized carbons (Fsp3) is 0.250. The summed E-state index contributed by atoms with van der Waals surface area (Å²) in [6.07, 6.45) is 0. The molecule has 0 radical (unpaired) electrons. The third kappa shape index (κ3) is 5.43. The summed E-state index contributed by atoms with van der Waals surface area (Å²) in [7, 11) is 1.87. The van der Waals surface area contributed by atoms with E-state index in [0.29, 0.717) is 11.6 Å². The van der Waals surface area contributed by atoms with Gasteiger partial charge >= 0.3 is 0 Å². The molecule has 0 fully saturated rings. The normalized spacial score (nSPS) is 12.0. The van der Waals surface area contributed by atoms with Crippen LogP contribution in [0.1, 0.15) is 38.9 Å². The molecule has 30 heavy (non-hydrogen) atoms. The lowest BCUT2D eigenvalue weighted by molar-refractivity contribution is -0.384. The van der Waals surface area contributed by atoms with Gasteiger partial charge in [0.2, 0.25) is 5.01 Å². The van der Waals surface area contributed by atoms with Crippen molar-refractivity contribution in [2.45, 2.75) is 26.1 Å². The van der Waals surface area contributed by atoms with Crippen molar-refractivity contribution in [3.8, 4) is 0 Å². The summed E-state index contributed by atoms with van der Waals surface area (Å²) >= 11 is 1.18. The molecule has 10 heteroatoms. The van der Waals surface area contributed by atoms with Crippen LogP contribution in [0.3, 0.4) is 0 Å². The molecular formula is C20H20FN5O3S. The highest BCUT2D eigenvalue weighted by atomic mass is 32.1. The van der Waals surface area contributed by atoms with Crippen LogP contribution >= 0.6 is 11.3 Å². The van der Waals surface area contributed by atoms with Gasteiger partial charge in [-0.15, -0.1) is 10.2 Å². The molecule has 8 nitrogen and oxygen atoms in total. The maximum Gasteiger partial charge on any atom is 0.282 e. The Labute approximate surface area is 176 Å². The lowest BCUT2D eigenvalue weighted by Crippen LogP contribution is -2.22. The zero-order valence-corrected chi connectivity index (χ0v) is 17.2. The predicted molar refractivity (Wildman–Crippen MR) is 110 cm³/mol. The topological polar surface area (TPSA) is 101 Å². The van der Waals surface area contributed by atoms with E-state index in [4.69, 9.17) is 0 Å². The van der Waals surface area contributed by atoms with Crippen molar-refractivity contribution in [2.75, 3.05) is 7.05 Å². The van der Waals surface area contributed by atoms with Crippen molar-refractivity contribution in [3.05, 3.63) is 85.6 Å². The minimum absolute atomic E-state index is 0.0452. The van der Waals surface area contributed by atoms with Crippen molar-refractivity contribution in [3.63, 3.8) is 0 Å². The average molecular weight is 429 g/mol. The standard InChI is InChI=1S/C20H20FN5O3S/c1-13(15-4-3-5-17(10-15)26(28)29)25(2)12-18-23-24-20(30-18)19(27)22-11-14-6-8-16(21)9-7-14/h3-10,13H,11-12H2,1-2H3,(H,22,27). The molecule has 1 aromatic heterocycles. The van der Waals surface area contributed by atoms with Crippen molar-refractivity contribution in [1.29, 1.82) is 0 Å². The summed E-state index contributed by atoms with van der Waals surface area (Å²) in [6, 6.07) is 12.3. The molecule has 2 aromatic carbocycles. The fourth-order valence-corrected chi connectivity index (χ4v) is 3.59. The molecule has 1 unspecified atom stereocenters. The highest BCUT2D eigenvalue weighted by Gasteiger charge is 2.18. The number of rotatable bonds is 8. The van der Waals surface area contributed by atoms with E-state index < -0.39 is 4.92 Å². The van der Waals surface area contributed by atoms with Crippen LogP contribution in [0.4, 0.5) is 10.1 Å². The van der Waals surface area contributed by atoms with Gasteiger partial charge in [0.25, 0.3) is 11.6 Å². The lowest BCUT2D eigenvalue weighted by atomic mass is 10.1.